The zero-order chi connectivity index (χ0) is 85.5. The third kappa shape index (κ3) is 11.6. The molecule has 0 bridgehead atoms. The molecule has 3 saturated heterocycles. The molecule has 6 fully saturated rings. The first-order chi connectivity index (χ1) is 59.8. The van der Waals surface area contributed by atoms with E-state index in [0.717, 1.165) is 50.2 Å². The second kappa shape index (κ2) is 28.8. The van der Waals surface area contributed by atoms with E-state index >= 15 is 13.2 Å². The molecule has 5 aromatic heterocycles. The second-order valence-electron chi connectivity index (χ2n) is 33.7. The topological polar surface area (TPSA) is 316 Å². The van der Waals surface area contributed by atoms with E-state index in [1.54, 1.807) is 86.8 Å². The zero-order valence-corrected chi connectivity index (χ0v) is 69.9. The van der Waals surface area contributed by atoms with E-state index in [-0.39, 0.29) is 87.2 Å². The van der Waals surface area contributed by atoms with Crippen molar-refractivity contribution in [3.63, 3.8) is 0 Å². The number of carbonyl (C=O) groups excluding carboxylic acids is 3. The largest absolute Gasteiger partial charge is 0.478 e. The minimum absolute atomic E-state index is 0.0566. The average molecular weight is 1840 g/mol. The maximum Gasteiger partial charge on any atom is 0.335 e. The first kappa shape index (κ1) is 78.9. The lowest BCUT2D eigenvalue weighted by Gasteiger charge is -2.39. The van der Waals surface area contributed by atoms with Gasteiger partial charge < -0.3 is 45.5 Å². The Bertz CT molecular complexity index is 6470. The third-order valence-electron chi connectivity index (χ3n) is 27.1. The number of aromatic nitrogens is 8. The zero-order valence-electron chi connectivity index (χ0n) is 64.5. The molecule has 12 atom stereocenters. The van der Waals surface area contributed by atoms with E-state index in [4.69, 9.17) is 87.5 Å². The summed E-state index contributed by atoms with van der Waals surface area (Å²) in [6.07, 6.45) is 9.14. The second-order valence-corrected chi connectivity index (χ2v) is 36.5. The molecule has 0 radical (unpaired) electrons. The molecule has 26 nitrogen and oxygen atoms in total. The summed E-state index contributed by atoms with van der Waals surface area (Å²) in [5, 5.41) is 54.6. The summed E-state index contributed by atoms with van der Waals surface area (Å²) >= 11 is 34.7. The molecule has 24 rings (SSSR count). The summed E-state index contributed by atoms with van der Waals surface area (Å²) < 4.78 is 86.9. The van der Waals surface area contributed by atoms with Gasteiger partial charge in [-0.2, -0.15) is 15.3 Å². The van der Waals surface area contributed by atoms with Gasteiger partial charge in [0.2, 0.25) is 35.4 Å². The van der Waals surface area contributed by atoms with Crippen molar-refractivity contribution in [2.45, 2.75) is 109 Å². The summed E-state index contributed by atoms with van der Waals surface area (Å²) in [7, 11) is 0. The van der Waals surface area contributed by atoms with Crippen LogP contribution in [0.5, 0.6) is 17.6 Å². The fraction of sp³-hybridized carbons (Fsp3) is 0.307. The van der Waals surface area contributed by atoms with Crippen molar-refractivity contribution in [3.8, 4) is 17.6 Å². The number of rotatable bonds is 12. The van der Waals surface area contributed by atoms with Crippen LogP contribution in [0, 0.1) is 41.0 Å². The molecule has 3 spiro atoms. The summed E-state index contributed by atoms with van der Waals surface area (Å²) in [6, 6.07) is 32.5. The van der Waals surface area contributed by atoms with E-state index < -0.39 is 105 Å². The van der Waals surface area contributed by atoms with Crippen molar-refractivity contribution in [2.75, 3.05) is 55.4 Å². The summed E-state index contributed by atoms with van der Waals surface area (Å²) in [6.45, 7) is 2.44. The number of amides is 3. The van der Waals surface area contributed by atoms with Gasteiger partial charge in [-0.3, -0.25) is 29.1 Å². The number of nitrogens with one attached hydrogen (secondary N) is 3. The molecule has 14 heterocycles. The predicted octanol–water partition coefficient (Wildman–Crippen LogP) is 16.6. The number of hydrogen-bond acceptors (Lipinski definition) is 17. The van der Waals surface area contributed by atoms with Crippen molar-refractivity contribution in [2.24, 2.45) is 17.8 Å². The number of carbonyl (C=O) groups is 6. The van der Waals surface area contributed by atoms with E-state index in [2.05, 4.69) is 56.5 Å². The number of fused-ring (bicyclic) bond motifs is 21. The normalized spacial score (nSPS) is 26.4. The smallest absolute Gasteiger partial charge is 0.335 e. The first-order valence-electron chi connectivity index (χ1n) is 40.3. The Morgan fingerprint density at radius 3 is 1.12 bits per heavy atom. The van der Waals surface area contributed by atoms with Crippen LogP contribution in [0.1, 0.15) is 139 Å². The lowest BCUT2D eigenvalue weighted by Crippen LogP contribution is -2.54. The molecule has 124 heavy (non-hydrogen) atoms. The fourth-order valence-electron chi connectivity index (χ4n) is 21.5. The van der Waals surface area contributed by atoms with Crippen LogP contribution in [0.4, 0.5) is 34.6 Å². The molecule has 6 N–H and O–H groups in total. The lowest BCUT2D eigenvalue weighted by molar-refractivity contribution is -0.129. The number of benzene rings is 7. The van der Waals surface area contributed by atoms with E-state index in [0.29, 0.717) is 137 Å². The molecule has 3 amide bonds. The van der Waals surface area contributed by atoms with Crippen LogP contribution in [0.25, 0.3) is 32.7 Å². The van der Waals surface area contributed by atoms with Crippen LogP contribution < -0.4 is 30.2 Å². The van der Waals surface area contributed by atoms with Crippen LogP contribution in [0.15, 0.2) is 150 Å². The summed E-state index contributed by atoms with van der Waals surface area (Å²) in [4.78, 5) is 92.8. The molecular formula is C88H66BrCl5F4N14O12. The van der Waals surface area contributed by atoms with Gasteiger partial charge in [0.25, 0.3) is 0 Å². The third-order valence-corrected chi connectivity index (χ3v) is 28.9. The Hall–Kier alpha value is -11.0. The number of ether oxygens (including phenoxy) is 3. The molecule has 12 aromatic rings. The van der Waals surface area contributed by atoms with Gasteiger partial charge in [-0.05, 0) is 187 Å². The molecule has 12 aliphatic rings. The molecule has 36 heteroatoms. The Kier molecular flexibility index (Phi) is 18.3. The number of likely N-dealkylation sites (tertiary alicyclic amines) is 3. The molecular weight excluding hydrogens is 1780 g/mol. The van der Waals surface area contributed by atoms with Gasteiger partial charge in [-0.1, -0.05) is 82.3 Å². The van der Waals surface area contributed by atoms with Gasteiger partial charge in [0.1, 0.15) is 57.7 Å². The Morgan fingerprint density at radius 2 is 0.774 bits per heavy atom. The van der Waals surface area contributed by atoms with Crippen molar-refractivity contribution in [3.05, 3.63) is 249 Å². The molecule has 630 valence electrons. The van der Waals surface area contributed by atoms with Gasteiger partial charge in [-0.25, -0.2) is 56.0 Å². The van der Waals surface area contributed by atoms with E-state index in [1.807, 2.05) is 12.1 Å². The highest BCUT2D eigenvalue weighted by atomic mass is 79.9. The number of anilines is 3. The molecule has 3 aliphatic carbocycles. The van der Waals surface area contributed by atoms with Gasteiger partial charge in [0.05, 0.1) is 85.7 Å². The van der Waals surface area contributed by atoms with Crippen LogP contribution in [0.3, 0.4) is 0 Å². The number of carboxylic acid groups (broad SMARTS) is 3. The monoisotopic (exact) mass is 1840 g/mol. The van der Waals surface area contributed by atoms with Crippen molar-refractivity contribution < 1.29 is 75.9 Å². The highest BCUT2D eigenvalue weighted by molar-refractivity contribution is 9.10. The van der Waals surface area contributed by atoms with Crippen molar-refractivity contribution in [1.29, 1.82) is 0 Å². The number of hydrogen-bond donors (Lipinski definition) is 6. The standard InChI is InChI=1S/C30H22Cl2F2N4O4.C29H22BrClFN5O4.C29H22Cl2FN5O4/c31-15-4-7-18-21(10-15)35-29(41)30(18)23(17-6-8-19(33)24(32)25(17)34)26-22(37(30)11-13-1-2-13)12-42-27-16-5-3-14(28(39)40)9-20(16)36-38(26)27;30-25-23(32)17(7-8-33-25)22-24-21(12-41-26-16-5-3-14(27(38)39)9-19(16)35-37(24)26)36(11-13-1-2-13)29(22)18-6-4-15(31)10-20(18)34-28(29)40;30-15-4-6-18-20(10-15)34-28(40)29(18)22(17-7-8-33-25(31)23(17)32)24-21(36(29)11-13-1-2-13)12-41-26-16-5-3-14(27(38)39)9-19(16)35-37(24)26/h3-10,13,22-23,26H,1-2,11-12H2,(H,35,41)(H,39,40);2*3-10,13,21-22,24H,1-2,11-12H2,(H,34,40)(H,38,39)/t22-,23-,26+,30+;2*21-,22-,24+,29+/m000/s1. The number of halogens is 10. The number of nitrogens with zero attached hydrogens (tertiary/aromatic N) is 11. The Morgan fingerprint density at radius 1 is 0.435 bits per heavy atom. The SMILES string of the molecule is O=C(O)c1ccc2c3n(nc2c1)[C@@H]1[C@H](CO3)N(CC2CC2)[C@@]2(C(=O)Nc3cc(Cl)ccc32)[C@H]1c1ccc(F)c(Cl)c1F.O=C(O)c1ccc2c3n(nc2c1)[C@@H]1[C@H](CO3)N(CC2CC2)[C@@]2(C(=O)Nc3cc(Cl)ccc32)[C@H]1c1ccnc(Br)c1F.O=C(O)c1ccc2c3n(nc2c1)[C@@H]1[C@H](CO3)N(CC2CC2)[C@@]2(C(=O)Nc3cc(Cl)ccc32)[C@H]1c1ccnc(Cl)c1F. The molecule has 0 unspecified atom stereocenters. The summed E-state index contributed by atoms with van der Waals surface area (Å²) in [5.41, 5.74) is 1.89. The van der Waals surface area contributed by atoms with Crippen LogP contribution in [-0.2, 0) is 31.0 Å². The molecule has 3 saturated carbocycles. The minimum atomic E-state index is -1.42. The highest BCUT2D eigenvalue weighted by Gasteiger charge is 2.73. The molecule has 9 aliphatic heterocycles. The van der Waals surface area contributed by atoms with Crippen LogP contribution in [-0.4, -0.2) is 163 Å². The maximum atomic E-state index is 16.1. The highest BCUT2D eigenvalue weighted by Crippen LogP contribution is 2.68. The van der Waals surface area contributed by atoms with E-state index in [9.17, 15) is 48.5 Å². The Labute approximate surface area is 733 Å². The van der Waals surface area contributed by atoms with Gasteiger partial charge in [0, 0.05) is 110 Å². The van der Waals surface area contributed by atoms with Crippen LogP contribution >= 0.6 is 73.9 Å². The van der Waals surface area contributed by atoms with Crippen LogP contribution in [0.2, 0.25) is 25.2 Å². The van der Waals surface area contributed by atoms with Gasteiger partial charge in [-0.15, -0.1) is 0 Å². The first-order valence-corrected chi connectivity index (χ1v) is 43.0. The average Bonchev–Trinajstić information content (AvgIpc) is 1.52. The maximum absolute atomic E-state index is 16.1. The van der Waals surface area contributed by atoms with Gasteiger partial charge in [0.15, 0.2) is 16.8 Å². The lowest BCUT2D eigenvalue weighted by atomic mass is 9.73. The summed E-state index contributed by atoms with van der Waals surface area (Å²) in [5.74, 6) is -7.23. The van der Waals surface area contributed by atoms with E-state index in [1.165, 1.54) is 54.9 Å². The molecule has 7 aromatic carbocycles. The minimum Gasteiger partial charge on any atom is -0.478 e. The van der Waals surface area contributed by atoms with Gasteiger partial charge >= 0.3 is 17.9 Å². The number of pyridine rings is 2. The fourth-order valence-corrected chi connectivity index (χ4v) is 22.7. The number of aromatic carboxylic acids is 3. The van der Waals surface area contributed by atoms with Crippen molar-refractivity contribution >= 4 is 159 Å². The number of carboxylic acids is 3. The van der Waals surface area contributed by atoms with Crippen molar-refractivity contribution in [1.82, 2.24) is 54.0 Å². The quantitative estimate of drug-likeness (QED) is 0.0376. The Balaban J connectivity index is 0.000000111. The predicted molar refractivity (Wildman–Crippen MR) is 449 cm³/mol.